The lowest BCUT2D eigenvalue weighted by Crippen LogP contribution is -2.33. The van der Waals surface area contributed by atoms with Crippen LogP contribution in [-0.2, 0) is 14.8 Å². The van der Waals surface area contributed by atoms with Crippen molar-refractivity contribution in [2.45, 2.75) is 19.8 Å². The molecule has 0 spiro atoms. The van der Waals surface area contributed by atoms with Crippen LogP contribution < -0.4 is 4.31 Å². The highest BCUT2D eigenvalue weighted by atomic mass is 32.2. The molecule has 0 aliphatic heterocycles. The molecule has 8 heteroatoms. The Morgan fingerprint density at radius 1 is 1.14 bits per heavy atom. The summed E-state index contributed by atoms with van der Waals surface area (Å²) in [7, 11) is -3.55. The number of hydrogen-bond donors (Lipinski definition) is 2. The van der Waals surface area contributed by atoms with Gasteiger partial charge in [0.1, 0.15) is 0 Å². The average molecular weight is 315 g/mol. The second kappa shape index (κ2) is 7.07. The molecule has 0 saturated heterocycles. The summed E-state index contributed by atoms with van der Waals surface area (Å²) in [6, 6.07) is 5.43. The Balaban J connectivity index is 3.00. The highest BCUT2D eigenvalue weighted by Crippen LogP contribution is 2.20. The molecule has 1 aromatic rings. The molecule has 0 saturated carbocycles. The molecule has 0 unspecified atom stereocenters. The van der Waals surface area contributed by atoms with Gasteiger partial charge in [0.25, 0.3) is 0 Å². The van der Waals surface area contributed by atoms with Crippen LogP contribution in [0.4, 0.5) is 5.69 Å². The van der Waals surface area contributed by atoms with Gasteiger partial charge in [-0.3, -0.25) is 9.10 Å². The predicted molar refractivity (Wildman–Crippen MR) is 77.1 cm³/mol. The standard InChI is InChI=1S/C13H17NO6S/c1-2-21(19,20)14(9-3-4-12(15)16)11-7-5-10(6-8-11)13(17)18/h5-8H,2-4,9H2,1H3,(H,15,16)(H,17,18). The number of carbonyl (C=O) groups is 2. The summed E-state index contributed by atoms with van der Waals surface area (Å²) < 4.78 is 25.2. The van der Waals surface area contributed by atoms with Crippen LogP contribution in [0.15, 0.2) is 24.3 Å². The molecule has 2 N–H and O–H groups in total. The number of rotatable bonds is 8. The lowest BCUT2D eigenvalue weighted by molar-refractivity contribution is -0.137. The fourth-order valence-electron chi connectivity index (χ4n) is 1.73. The van der Waals surface area contributed by atoms with Crippen molar-refractivity contribution in [1.82, 2.24) is 0 Å². The van der Waals surface area contributed by atoms with Crippen LogP contribution in [0.3, 0.4) is 0 Å². The van der Waals surface area contributed by atoms with Gasteiger partial charge in [0.15, 0.2) is 0 Å². The van der Waals surface area contributed by atoms with E-state index in [9.17, 15) is 18.0 Å². The summed E-state index contributed by atoms with van der Waals surface area (Å²) in [5, 5.41) is 17.4. The lowest BCUT2D eigenvalue weighted by Gasteiger charge is -2.23. The molecule has 1 aromatic carbocycles. The van der Waals surface area contributed by atoms with Gasteiger partial charge in [-0.25, -0.2) is 13.2 Å². The Labute approximate surface area is 122 Å². The van der Waals surface area contributed by atoms with E-state index in [1.165, 1.54) is 31.2 Å². The minimum Gasteiger partial charge on any atom is -0.481 e. The molecular formula is C13H17NO6S. The second-order valence-electron chi connectivity index (χ2n) is 4.32. The van der Waals surface area contributed by atoms with Crippen LogP contribution in [0.25, 0.3) is 0 Å². The van der Waals surface area contributed by atoms with Crippen molar-refractivity contribution in [3.63, 3.8) is 0 Å². The number of hydrogen-bond acceptors (Lipinski definition) is 4. The van der Waals surface area contributed by atoms with E-state index in [0.29, 0.717) is 5.69 Å². The van der Waals surface area contributed by atoms with Crippen molar-refractivity contribution in [3.8, 4) is 0 Å². The summed E-state index contributed by atoms with van der Waals surface area (Å²) in [6.07, 6.45) is 0.0399. The molecule has 0 heterocycles. The number of aliphatic carboxylic acids is 1. The zero-order chi connectivity index (χ0) is 16.0. The first-order chi connectivity index (χ1) is 9.77. The molecule has 1 rings (SSSR count). The molecule has 0 aliphatic rings. The maximum Gasteiger partial charge on any atom is 0.335 e. The molecular weight excluding hydrogens is 298 g/mol. The van der Waals surface area contributed by atoms with E-state index >= 15 is 0 Å². The third-order valence-corrected chi connectivity index (χ3v) is 4.65. The second-order valence-corrected chi connectivity index (χ2v) is 6.50. The fourth-order valence-corrected chi connectivity index (χ4v) is 2.89. The highest BCUT2D eigenvalue weighted by Gasteiger charge is 2.20. The lowest BCUT2D eigenvalue weighted by atomic mass is 10.2. The summed E-state index contributed by atoms with van der Waals surface area (Å²) >= 11 is 0. The van der Waals surface area contributed by atoms with Crippen molar-refractivity contribution in [3.05, 3.63) is 29.8 Å². The van der Waals surface area contributed by atoms with Crippen LogP contribution >= 0.6 is 0 Å². The van der Waals surface area contributed by atoms with Crippen molar-refractivity contribution in [2.75, 3.05) is 16.6 Å². The van der Waals surface area contributed by atoms with Gasteiger partial charge in [-0.2, -0.15) is 0 Å². The van der Waals surface area contributed by atoms with E-state index in [1.807, 2.05) is 0 Å². The van der Waals surface area contributed by atoms with Gasteiger partial charge >= 0.3 is 11.9 Å². The minimum absolute atomic E-state index is 0.0366. The Kier molecular flexibility index (Phi) is 5.71. The number of carboxylic acids is 2. The van der Waals surface area contributed by atoms with Crippen molar-refractivity contribution < 1.29 is 28.2 Å². The van der Waals surface area contributed by atoms with Crippen LogP contribution in [-0.4, -0.2) is 42.9 Å². The normalized spacial score (nSPS) is 11.1. The number of anilines is 1. The number of benzene rings is 1. The van der Waals surface area contributed by atoms with Gasteiger partial charge in [-0.15, -0.1) is 0 Å². The molecule has 7 nitrogen and oxygen atoms in total. The van der Waals surface area contributed by atoms with Gasteiger partial charge in [0, 0.05) is 13.0 Å². The summed E-state index contributed by atoms with van der Waals surface area (Å²) in [6.45, 7) is 1.53. The van der Waals surface area contributed by atoms with Crippen LogP contribution in [0.2, 0.25) is 0 Å². The quantitative estimate of drug-likeness (QED) is 0.750. The number of sulfonamides is 1. The van der Waals surface area contributed by atoms with Gasteiger partial charge < -0.3 is 10.2 Å². The summed E-state index contributed by atoms with van der Waals surface area (Å²) in [5.74, 6) is -2.22. The zero-order valence-corrected chi connectivity index (χ0v) is 12.3. The Hall–Kier alpha value is -2.09. The Morgan fingerprint density at radius 3 is 2.14 bits per heavy atom. The summed E-state index contributed by atoms with van der Waals surface area (Å²) in [5.41, 5.74) is 0.380. The SMILES string of the molecule is CCS(=O)(=O)N(CCCC(=O)O)c1ccc(C(=O)O)cc1. The Morgan fingerprint density at radius 2 is 1.71 bits per heavy atom. The van der Waals surface area contributed by atoms with Crippen LogP contribution in [0.1, 0.15) is 30.1 Å². The van der Waals surface area contributed by atoms with E-state index in [-0.39, 0.29) is 30.7 Å². The Bertz CT molecular complexity index is 608. The van der Waals surface area contributed by atoms with Gasteiger partial charge in [-0.05, 0) is 37.6 Å². The van der Waals surface area contributed by atoms with Crippen LogP contribution in [0.5, 0.6) is 0 Å². The third kappa shape index (κ3) is 4.75. The first kappa shape index (κ1) is 17.0. The topological polar surface area (TPSA) is 112 Å². The fraction of sp³-hybridized carbons (Fsp3) is 0.385. The van der Waals surface area contributed by atoms with Gasteiger partial charge in [0.05, 0.1) is 17.0 Å². The molecule has 116 valence electrons. The highest BCUT2D eigenvalue weighted by molar-refractivity contribution is 7.92. The molecule has 0 radical (unpaired) electrons. The van der Waals surface area contributed by atoms with E-state index < -0.39 is 22.0 Å². The summed E-state index contributed by atoms with van der Waals surface area (Å²) in [4.78, 5) is 21.3. The van der Waals surface area contributed by atoms with E-state index in [0.717, 1.165) is 4.31 Å². The van der Waals surface area contributed by atoms with Crippen molar-refractivity contribution >= 4 is 27.6 Å². The van der Waals surface area contributed by atoms with E-state index in [2.05, 4.69) is 0 Å². The first-order valence-corrected chi connectivity index (χ1v) is 7.94. The zero-order valence-electron chi connectivity index (χ0n) is 11.5. The molecule has 0 bridgehead atoms. The number of nitrogens with zero attached hydrogens (tertiary/aromatic N) is 1. The molecule has 0 aliphatic carbocycles. The van der Waals surface area contributed by atoms with Crippen molar-refractivity contribution in [1.29, 1.82) is 0 Å². The number of aromatic carboxylic acids is 1. The van der Waals surface area contributed by atoms with Crippen LogP contribution in [0, 0.1) is 0 Å². The third-order valence-electron chi connectivity index (χ3n) is 2.85. The van der Waals surface area contributed by atoms with Crippen molar-refractivity contribution in [2.24, 2.45) is 0 Å². The molecule has 0 aromatic heterocycles. The predicted octanol–water partition coefficient (Wildman–Crippen LogP) is 1.41. The first-order valence-electron chi connectivity index (χ1n) is 6.33. The number of carboxylic acid groups (broad SMARTS) is 2. The van der Waals surface area contributed by atoms with Gasteiger partial charge in [0.2, 0.25) is 10.0 Å². The average Bonchev–Trinajstić information content (AvgIpc) is 2.43. The minimum atomic E-state index is -3.55. The molecule has 0 atom stereocenters. The maximum atomic E-state index is 12.1. The van der Waals surface area contributed by atoms with Gasteiger partial charge in [-0.1, -0.05) is 0 Å². The largest absolute Gasteiger partial charge is 0.481 e. The van der Waals surface area contributed by atoms with E-state index in [1.54, 1.807) is 0 Å². The molecule has 21 heavy (non-hydrogen) atoms. The van der Waals surface area contributed by atoms with E-state index in [4.69, 9.17) is 10.2 Å². The molecule has 0 fully saturated rings. The smallest absolute Gasteiger partial charge is 0.335 e. The maximum absolute atomic E-state index is 12.1. The monoisotopic (exact) mass is 315 g/mol. The molecule has 0 amide bonds.